The molecular weight excluding hydrogens is 571 g/mol. The van der Waals surface area contributed by atoms with Gasteiger partial charge in [-0.25, -0.2) is 26.4 Å². The standard InChI is InChI=1S/C26H24Cl2N2O6S2/c1-36-26(31)19-5-2-18(3-6-19)4-11-23-16-22(29-37(32,33)24-12-7-20(27)8-13-24)17-30(23)38(34,35)25-14-9-21(28)10-15-25/h2-15,22-23,29H,16-17H2,1H3/b11-4+/t22-,23-/m1/s1. The number of nitrogens with zero attached hydrogens (tertiary/aromatic N) is 1. The SMILES string of the molecule is COC(=O)c1ccc(/C=C/[C@@H]2C[C@@H](NS(=O)(=O)c3ccc(Cl)cc3)CN2S(=O)(=O)c2ccc(Cl)cc2)cc1. The van der Waals surface area contributed by atoms with Crippen molar-refractivity contribution in [2.45, 2.75) is 28.3 Å². The van der Waals surface area contributed by atoms with Crippen LogP contribution in [0.2, 0.25) is 10.0 Å². The van der Waals surface area contributed by atoms with Crippen molar-refractivity contribution in [3.05, 3.63) is 100 Å². The minimum absolute atomic E-state index is 0.0266. The summed E-state index contributed by atoms with van der Waals surface area (Å²) < 4.78 is 61.6. The molecule has 1 aliphatic heterocycles. The number of esters is 1. The van der Waals surface area contributed by atoms with Crippen LogP contribution in [0.4, 0.5) is 0 Å². The zero-order chi connectivity index (χ0) is 27.5. The molecule has 2 atom stereocenters. The summed E-state index contributed by atoms with van der Waals surface area (Å²) >= 11 is 11.8. The summed E-state index contributed by atoms with van der Waals surface area (Å²) in [4.78, 5) is 11.8. The highest BCUT2D eigenvalue weighted by Crippen LogP contribution is 2.29. The van der Waals surface area contributed by atoms with Crippen LogP contribution in [0.3, 0.4) is 0 Å². The van der Waals surface area contributed by atoms with E-state index in [0.717, 1.165) is 5.56 Å². The van der Waals surface area contributed by atoms with E-state index in [2.05, 4.69) is 4.72 Å². The van der Waals surface area contributed by atoms with Crippen molar-refractivity contribution in [3.8, 4) is 0 Å². The first-order chi connectivity index (χ1) is 18.0. The largest absolute Gasteiger partial charge is 0.465 e. The third-order valence-electron chi connectivity index (χ3n) is 6.00. The van der Waals surface area contributed by atoms with Gasteiger partial charge < -0.3 is 4.74 Å². The molecule has 0 radical (unpaired) electrons. The maximum Gasteiger partial charge on any atom is 0.337 e. The minimum atomic E-state index is -3.98. The van der Waals surface area contributed by atoms with Gasteiger partial charge in [0.25, 0.3) is 0 Å². The van der Waals surface area contributed by atoms with E-state index in [9.17, 15) is 21.6 Å². The fraction of sp³-hybridized carbons (Fsp3) is 0.192. The Bertz CT molecular complexity index is 1540. The van der Waals surface area contributed by atoms with Crippen LogP contribution in [-0.2, 0) is 24.8 Å². The zero-order valence-electron chi connectivity index (χ0n) is 20.1. The molecule has 200 valence electrons. The predicted molar refractivity (Wildman–Crippen MR) is 146 cm³/mol. The Morgan fingerprint density at radius 2 is 1.45 bits per heavy atom. The van der Waals surface area contributed by atoms with Crippen molar-refractivity contribution in [2.24, 2.45) is 0 Å². The molecule has 1 saturated heterocycles. The Labute approximate surface area is 231 Å². The maximum atomic E-state index is 13.5. The topological polar surface area (TPSA) is 110 Å². The van der Waals surface area contributed by atoms with Gasteiger partial charge in [-0.15, -0.1) is 0 Å². The van der Waals surface area contributed by atoms with Gasteiger partial charge in [0.05, 0.1) is 22.5 Å². The molecule has 1 aliphatic rings. The lowest BCUT2D eigenvalue weighted by Crippen LogP contribution is -2.39. The molecule has 0 aromatic heterocycles. The summed E-state index contributed by atoms with van der Waals surface area (Å²) in [5, 5.41) is 0.792. The van der Waals surface area contributed by atoms with Crippen LogP contribution >= 0.6 is 23.2 Å². The second-order valence-corrected chi connectivity index (χ2v) is 13.1. The van der Waals surface area contributed by atoms with E-state index in [0.29, 0.717) is 15.6 Å². The van der Waals surface area contributed by atoms with Crippen molar-refractivity contribution in [1.82, 2.24) is 9.03 Å². The fourth-order valence-electron chi connectivity index (χ4n) is 4.09. The van der Waals surface area contributed by atoms with E-state index in [4.69, 9.17) is 27.9 Å². The van der Waals surface area contributed by atoms with Crippen LogP contribution in [0.25, 0.3) is 6.08 Å². The molecule has 1 heterocycles. The molecule has 4 rings (SSSR count). The highest BCUT2D eigenvalue weighted by molar-refractivity contribution is 7.89. The molecule has 3 aromatic carbocycles. The number of nitrogens with one attached hydrogen (secondary N) is 1. The summed E-state index contributed by atoms with van der Waals surface area (Å²) in [5.41, 5.74) is 1.11. The number of hydrogen-bond acceptors (Lipinski definition) is 6. The number of ether oxygens (including phenoxy) is 1. The van der Waals surface area contributed by atoms with Crippen LogP contribution in [0, 0.1) is 0 Å². The van der Waals surface area contributed by atoms with Crippen LogP contribution < -0.4 is 4.72 Å². The third kappa shape index (κ3) is 6.45. The van der Waals surface area contributed by atoms with Crippen LogP contribution in [-0.4, -0.2) is 52.8 Å². The van der Waals surface area contributed by atoms with Gasteiger partial charge in [0.1, 0.15) is 0 Å². The minimum Gasteiger partial charge on any atom is -0.465 e. The molecule has 0 aliphatic carbocycles. The lowest BCUT2D eigenvalue weighted by Gasteiger charge is -2.22. The number of benzene rings is 3. The van der Waals surface area contributed by atoms with E-state index in [-0.39, 0.29) is 22.8 Å². The van der Waals surface area contributed by atoms with Crippen molar-refractivity contribution < 1.29 is 26.4 Å². The first-order valence-corrected chi connectivity index (χ1v) is 15.1. The van der Waals surface area contributed by atoms with E-state index in [1.54, 1.807) is 36.4 Å². The number of hydrogen-bond donors (Lipinski definition) is 1. The summed E-state index contributed by atoms with van der Waals surface area (Å²) in [6.07, 6.45) is 3.64. The Kier molecular flexibility index (Phi) is 8.61. The molecule has 38 heavy (non-hydrogen) atoms. The predicted octanol–water partition coefficient (Wildman–Crippen LogP) is 4.60. The van der Waals surface area contributed by atoms with Gasteiger partial charge in [0.15, 0.2) is 0 Å². The monoisotopic (exact) mass is 594 g/mol. The second kappa shape index (κ2) is 11.6. The van der Waals surface area contributed by atoms with Crippen molar-refractivity contribution in [3.63, 3.8) is 0 Å². The molecule has 0 amide bonds. The molecule has 0 unspecified atom stereocenters. The average Bonchev–Trinajstić information content (AvgIpc) is 3.30. The number of rotatable bonds is 8. The summed E-state index contributed by atoms with van der Waals surface area (Å²) in [7, 11) is -6.61. The summed E-state index contributed by atoms with van der Waals surface area (Å²) in [6, 6.07) is 16.8. The Morgan fingerprint density at radius 1 is 0.895 bits per heavy atom. The van der Waals surface area contributed by atoms with Gasteiger partial charge in [-0.2, -0.15) is 4.31 Å². The lowest BCUT2D eigenvalue weighted by atomic mass is 10.1. The van der Waals surface area contributed by atoms with Gasteiger partial charge >= 0.3 is 5.97 Å². The molecule has 1 N–H and O–H groups in total. The smallest absolute Gasteiger partial charge is 0.337 e. The molecule has 12 heteroatoms. The number of methoxy groups -OCH3 is 1. The molecule has 3 aromatic rings. The molecular formula is C26H24Cl2N2O6S2. The van der Waals surface area contributed by atoms with E-state index in [1.807, 2.05) is 0 Å². The summed E-state index contributed by atoms with van der Waals surface area (Å²) in [5.74, 6) is -0.465. The zero-order valence-corrected chi connectivity index (χ0v) is 23.3. The molecule has 0 spiro atoms. The quantitative estimate of drug-likeness (QED) is 0.381. The van der Waals surface area contributed by atoms with Gasteiger partial charge in [0.2, 0.25) is 20.0 Å². The van der Waals surface area contributed by atoms with Gasteiger partial charge in [-0.3, -0.25) is 0 Å². The molecule has 1 fully saturated rings. The highest BCUT2D eigenvalue weighted by Gasteiger charge is 2.40. The number of carbonyl (C=O) groups is 1. The fourth-order valence-corrected chi connectivity index (χ4v) is 7.22. The van der Waals surface area contributed by atoms with E-state index < -0.39 is 38.1 Å². The maximum absolute atomic E-state index is 13.5. The average molecular weight is 596 g/mol. The number of halogens is 2. The Hall–Kier alpha value is -2.73. The van der Waals surface area contributed by atoms with Crippen molar-refractivity contribution >= 4 is 55.3 Å². The number of sulfonamides is 2. The Balaban J connectivity index is 1.61. The summed E-state index contributed by atoms with van der Waals surface area (Å²) in [6.45, 7) is -0.0753. The van der Waals surface area contributed by atoms with Gasteiger partial charge in [-0.1, -0.05) is 47.5 Å². The first kappa shape index (κ1) is 28.3. The normalized spacial score (nSPS) is 18.6. The van der Waals surface area contributed by atoms with Gasteiger partial charge in [-0.05, 0) is 72.6 Å². The third-order valence-corrected chi connectivity index (χ3v) is 9.95. The molecule has 8 nitrogen and oxygen atoms in total. The highest BCUT2D eigenvalue weighted by atomic mass is 35.5. The van der Waals surface area contributed by atoms with Crippen molar-refractivity contribution in [1.29, 1.82) is 0 Å². The second-order valence-electron chi connectivity index (χ2n) is 8.58. The van der Waals surface area contributed by atoms with Crippen LogP contribution in [0.15, 0.2) is 88.7 Å². The van der Waals surface area contributed by atoms with E-state index in [1.165, 1.54) is 59.9 Å². The Morgan fingerprint density at radius 3 is 2.00 bits per heavy atom. The van der Waals surface area contributed by atoms with E-state index >= 15 is 0 Å². The van der Waals surface area contributed by atoms with Crippen LogP contribution in [0.1, 0.15) is 22.3 Å². The lowest BCUT2D eigenvalue weighted by molar-refractivity contribution is 0.0600. The number of carbonyl (C=O) groups excluding carboxylic acids is 1. The molecule has 0 saturated carbocycles. The van der Waals surface area contributed by atoms with Crippen molar-refractivity contribution in [2.75, 3.05) is 13.7 Å². The molecule has 0 bridgehead atoms. The first-order valence-electron chi connectivity index (χ1n) is 11.4. The van der Waals surface area contributed by atoms with Crippen LogP contribution in [0.5, 0.6) is 0 Å². The van der Waals surface area contributed by atoms with Gasteiger partial charge in [0, 0.05) is 28.7 Å².